The molecule has 1 saturated heterocycles. The molecule has 2 heterocycles. The van der Waals surface area contributed by atoms with Crippen LogP contribution in [0, 0.1) is 0 Å². The number of amides is 1. The van der Waals surface area contributed by atoms with Crippen LogP contribution in [0.2, 0.25) is 0 Å². The minimum atomic E-state index is -0.303. The van der Waals surface area contributed by atoms with Crippen LogP contribution in [0.5, 0.6) is 17.4 Å². The van der Waals surface area contributed by atoms with Crippen LogP contribution in [0.15, 0.2) is 24.3 Å². The minimum absolute atomic E-state index is 0.158. The van der Waals surface area contributed by atoms with Crippen LogP contribution in [0.1, 0.15) is 25.5 Å². The molecule has 0 radical (unpaired) electrons. The lowest BCUT2D eigenvalue weighted by molar-refractivity contribution is -0.118. The van der Waals surface area contributed by atoms with Crippen molar-refractivity contribution >= 4 is 17.5 Å². The second-order valence-electron chi connectivity index (χ2n) is 6.45. The molecule has 1 aliphatic heterocycles. The molecule has 1 aromatic heterocycles. The Labute approximate surface area is 164 Å². The topological polar surface area (TPSA) is 85.8 Å². The lowest BCUT2D eigenvalue weighted by Gasteiger charge is -2.17. The van der Waals surface area contributed by atoms with Crippen LogP contribution in [0.25, 0.3) is 0 Å². The first-order valence-corrected chi connectivity index (χ1v) is 9.40. The van der Waals surface area contributed by atoms with E-state index in [1.165, 1.54) is 7.11 Å². The van der Waals surface area contributed by atoms with Crippen molar-refractivity contribution in [3.63, 3.8) is 0 Å². The van der Waals surface area contributed by atoms with E-state index in [2.05, 4.69) is 20.2 Å². The second-order valence-corrected chi connectivity index (χ2v) is 6.45. The molecular weight excluding hydrogens is 360 g/mol. The molecule has 1 aromatic carbocycles. The van der Waals surface area contributed by atoms with E-state index in [1.54, 1.807) is 31.4 Å². The molecular formula is C20H26N4O4. The number of anilines is 2. The van der Waals surface area contributed by atoms with Gasteiger partial charge in [-0.05, 0) is 31.4 Å². The Balaban J connectivity index is 1.65. The van der Waals surface area contributed by atoms with Gasteiger partial charge < -0.3 is 24.4 Å². The summed E-state index contributed by atoms with van der Waals surface area (Å²) in [5.41, 5.74) is 1.44. The van der Waals surface area contributed by atoms with Gasteiger partial charge >= 0.3 is 0 Å². The fourth-order valence-electron chi connectivity index (χ4n) is 3.00. The maximum atomic E-state index is 12.3. The number of aryl methyl sites for hydroxylation is 1. The molecule has 0 bridgehead atoms. The van der Waals surface area contributed by atoms with Gasteiger partial charge in [-0.3, -0.25) is 4.79 Å². The summed E-state index contributed by atoms with van der Waals surface area (Å²) in [5, 5.41) is 2.78. The molecule has 1 aliphatic rings. The molecule has 8 nitrogen and oxygen atoms in total. The summed E-state index contributed by atoms with van der Waals surface area (Å²) in [6, 6.07) is 6.96. The summed E-state index contributed by atoms with van der Waals surface area (Å²) in [6.07, 6.45) is 3.05. The van der Waals surface area contributed by atoms with Gasteiger partial charge in [0.05, 0.1) is 19.9 Å². The summed E-state index contributed by atoms with van der Waals surface area (Å²) < 4.78 is 16.1. The molecule has 3 rings (SSSR count). The van der Waals surface area contributed by atoms with Gasteiger partial charge in [0.15, 0.2) is 6.61 Å². The summed E-state index contributed by atoms with van der Waals surface area (Å²) in [7, 11) is 3.11. The van der Waals surface area contributed by atoms with E-state index < -0.39 is 0 Å². The van der Waals surface area contributed by atoms with Crippen LogP contribution in [0.4, 0.5) is 11.6 Å². The lowest BCUT2D eigenvalue weighted by atomic mass is 10.2. The number of hydrogen-bond donors (Lipinski definition) is 1. The van der Waals surface area contributed by atoms with Gasteiger partial charge in [0.2, 0.25) is 11.8 Å². The monoisotopic (exact) mass is 386 g/mol. The third-order valence-electron chi connectivity index (χ3n) is 4.53. The van der Waals surface area contributed by atoms with Gasteiger partial charge in [0, 0.05) is 30.9 Å². The number of nitrogens with zero attached hydrogens (tertiary/aromatic N) is 3. The van der Waals surface area contributed by atoms with E-state index in [0.717, 1.165) is 38.0 Å². The molecule has 1 fully saturated rings. The molecule has 28 heavy (non-hydrogen) atoms. The highest BCUT2D eigenvalue weighted by molar-refractivity contribution is 5.93. The van der Waals surface area contributed by atoms with Crippen molar-refractivity contribution in [1.82, 2.24) is 9.97 Å². The maximum absolute atomic E-state index is 12.3. The summed E-state index contributed by atoms with van der Waals surface area (Å²) in [4.78, 5) is 23.5. The van der Waals surface area contributed by atoms with Gasteiger partial charge in [0.1, 0.15) is 11.5 Å². The zero-order valence-electron chi connectivity index (χ0n) is 16.5. The van der Waals surface area contributed by atoms with Crippen LogP contribution >= 0.6 is 0 Å². The predicted molar refractivity (Wildman–Crippen MR) is 107 cm³/mol. The number of hydrogen-bond acceptors (Lipinski definition) is 7. The van der Waals surface area contributed by atoms with Crippen molar-refractivity contribution in [3.05, 3.63) is 30.0 Å². The van der Waals surface area contributed by atoms with Crippen LogP contribution in [-0.2, 0) is 11.2 Å². The SMILES string of the molecule is CCc1cc(OCC(=O)Nc2ccc(OC)cc2OC)nc(N2CCCC2)n1. The predicted octanol–water partition coefficient (Wildman–Crippen LogP) is 2.67. The molecule has 8 heteroatoms. The fourth-order valence-corrected chi connectivity index (χ4v) is 3.00. The van der Waals surface area contributed by atoms with Crippen molar-refractivity contribution < 1.29 is 19.0 Å². The van der Waals surface area contributed by atoms with Gasteiger partial charge in [-0.1, -0.05) is 6.92 Å². The summed E-state index contributed by atoms with van der Waals surface area (Å²) in [6.45, 7) is 3.77. The number of nitrogens with one attached hydrogen (secondary N) is 1. The number of carbonyl (C=O) groups is 1. The first kappa shape index (κ1) is 19.7. The van der Waals surface area contributed by atoms with Gasteiger partial charge in [-0.15, -0.1) is 0 Å². The van der Waals surface area contributed by atoms with Gasteiger partial charge in [-0.2, -0.15) is 4.98 Å². The second kappa shape index (κ2) is 9.25. The first-order chi connectivity index (χ1) is 13.6. The quantitative estimate of drug-likeness (QED) is 0.746. The number of methoxy groups -OCH3 is 2. The Morgan fingerprint density at radius 2 is 1.93 bits per heavy atom. The Morgan fingerprint density at radius 1 is 1.14 bits per heavy atom. The molecule has 0 unspecified atom stereocenters. The number of ether oxygens (including phenoxy) is 3. The van der Waals surface area contributed by atoms with E-state index in [0.29, 0.717) is 29.0 Å². The van der Waals surface area contributed by atoms with Crippen LogP contribution in [-0.4, -0.2) is 49.8 Å². The molecule has 1 amide bonds. The average molecular weight is 386 g/mol. The Morgan fingerprint density at radius 3 is 2.61 bits per heavy atom. The Kier molecular flexibility index (Phi) is 6.52. The standard InChI is InChI=1S/C20H26N4O4/c1-4-14-11-19(23-20(21-14)24-9-5-6-10-24)28-13-18(25)22-16-8-7-15(26-2)12-17(16)27-3/h7-8,11-12H,4-6,9-10,13H2,1-3H3,(H,22,25). The highest BCUT2D eigenvalue weighted by Crippen LogP contribution is 2.29. The third kappa shape index (κ3) is 4.82. The molecule has 2 aromatic rings. The number of carbonyl (C=O) groups excluding carboxylic acids is 1. The number of rotatable bonds is 8. The normalized spacial score (nSPS) is 13.3. The molecule has 0 spiro atoms. The van der Waals surface area contributed by atoms with Crippen molar-refractivity contribution in [1.29, 1.82) is 0 Å². The Hall–Kier alpha value is -3.03. The third-order valence-corrected chi connectivity index (χ3v) is 4.53. The number of benzene rings is 1. The summed E-state index contributed by atoms with van der Waals surface area (Å²) >= 11 is 0. The highest BCUT2D eigenvalue weighted by atomic mass is 16.5. The van der Waals surface area contributed by atoms with E-state index >= 15 is 0 Å². The Bertz CT molecular complexity index is 822. The highest BCUT2D eigenvalue weighted by Gasteiger charge is 2.17. The smallest absolute Gasteiger partial charge is 0.262 e. The van der Waals surface area contributed by atoms with Gasteiger partial charge in [0.25, 0.3) is 5.91 Å². The molecule has 0 aliphatic carbocycles. The average Bonchev–Trinajstić information content (AvgIpc) is 3.27. The maximum Gasteiger partial charge on any atom is 0.262 e. The fraction of sp³-hybridized carbons (Fsp3) is 0.450. The largest absolute Gasteiger partial charge is 0.497 e. The van der Waals surface area contributed by atoms with Crippen LogP contribution < -0.4 is 24.4 Å². The lowest BCUT2D eigenvalue weighted by Crippen LogP contribution is -2.23. The summed E-state index contributed by atoms with van der Waals surface area (Å²) in [5.74, 6) is 1.94. The minimum Gasteiger partial charge on any atom is -0.497 e. The van der Waals surface area contributed by atoms with Crippen molar-refractivity contribution in [2.45, 2.75) is 26.2 Å². The zero-order chi connectivity index (χ0) is 19.9. The van der Waals surface area contributed by atoms with E-state index in [1.807, 2.05) is 6.92 Å². The molecule has 1 N–H and O–H groups in total. The zero-order valence-corrected chi connectivity index (χ0v) is 16.5. The molecule has 0 saturated carbocycles. The van der Waals surface area contributed by atoms with E-state index in [-0.39, 0.29) is 12.5 Å². The molecule has 150 valence electrons. The van der Waals surface area contributed by atoms with Crippen molar-refractivity contribution in [2.24, 2.45) is 0 Å². The van der Waals surface area contributed by atoms with Crippen LogP contribution in [0.3, 0.4) is 0 Å². The van der Waals surface area contributed by atoms with Crippen molar-refractivity contribution in [3.8, 4) is 17.4 Å². The first-order valence-electron chi connectivity index (χ1n) is 9.40. The van der Waals surface area contributed by atoms with Gasteiger partial charge in [-0.25, -0.2) is 4.98 Å². The van der Waals surface area contributed by atoms with Crippen molar-refractivity contribution in [2.75, 3.05) is 44.1 Å². The number of aromatic nitrogens is 2. The van der Waals surface area contributed by atoms with E-state index in [4.69, 9.17) is 14.2 Å². The van der Waals surface area contributed by atoms with E-state index in [9.17, 15) is 4.79 Å². The molecule has 0 atom stereocenters.